The van der Waals surface area contributed by atoms with Crippen LogP contribution in [0.3, 0.4) is 0 Å². The summed E-state index contributed by atoms with van der Waals surface area (Å²) in [4.78, 5) is 22.5. The fourth-order valence-electron chi connectivity index (χ4n) is 3.83. The van der Waals surface area contributed by atoms with Gasteiger partial charge in [0, 0.05) is 0 Å². The first-order valence-corrected chi connectivity index (χ1v) is 10.2. The Balaban J connectivity index is 1.82. The summed E-state index contributed by atoms with van der Waals surface area (Å²) < 4.78 is 0. The van der Waals surface area contributed by atoms with E-state index in [9.17, 15) is 19.8 Å². The van der Waals surface area contributed by atoms with Crippen LogP contribution in [-0.2, 0) is 22.4 Å². The van der Waals surface area contributed by atoms with Crippen LogP contribution in [0.2, 0.25) is 0 Å². The van der Waals surface area contributed by atoms with Crippen LogP contribution in [0.4, 0.5) is 0 Å². The zero-order valence-electron chi connectivity index (χ0n) is 17.0. The van der Waals surface area contributed by atoms with Gasteiger partial charge in [-0.05, 0) is 88.8 Å². The van der Waals surface area contributed by atoms with Crippen LogP contribution < -0.4 is 0 Å². The molecule has 0 spiro atoms. The number of carboxylic acid groups (broad SMARTS) is 2. The van der Waals surface area contributed by atoms with Crippen LogP contribution in [0.5, 0.6) is 0 Å². The molecule has 0 bridgehead atoms. The van der Waals surface area contributed by atoms with Gasteiger partial charge in [0.25, 0.3) is 0 Å². The molecule has 0 saturated heterocycles. The normalized spacial score (nSPS) is 15.5. The predicted molar refractivity (Wildman–Crippen MR) is 107 cm³/mol. The Bertz CT molecular complexity index is 671. The van der Waals surface area contributed by atoms with Gasteiger partial charge >= 0.3 is 11.9 Å². The lowest BCUT2D eigenvalue weighted by molar-refractivity contribution is -0.147. The molecule has 0 atom stereocenters. The maximum atomic E-state index is 11.3. The van der Waals surface area contributed by atoms with Crippen molar-refractivity contribution in [1.29, 1.82) is 0 Å². The lowest BCUT2D eigenvalue weighted by atomic mass is 9.86. The molecule has 2 rings (SSSR count). The predicted octanol–water partition coefficient (Wildman–Crippen LogP) is 5.40. The number of aryl methyl sites for hydroxylation is 2. The molecule has 1 saturated carbocycles. The summed E-state index contributed by atoms with van der Waals surface area (Å²) in [5.74, 6) is -1.35. The van der Waals surface area contributed by atoms with Gasteiger partial charge in [-0.3, -0.25) is 9.59 Å². The molecule has 0 radical (unpaired) electrons. The number of benzene rings is 1. The number of rotatable bonds is 12. The molecular formula is C23H34O4. The van der Waals surface area contributed by atoms with Crippen LogP contribution in [0.25, 0.3) is 0 Å². The van der Waals surface area contributed by atoms with Gasteiger partial charge in [0.05, 0.1) is 10.8 Å². The number of aliphatic carboxylic acids is 2. The summed E-state index contributed by atoms with van der Waals surface area (Å²) in [6, 6.07) is 6.43. The minimum absolute atomic E-state index is 0.411. The van der Waals surface area contributed by atoms with E-state index < -0.39 is 22.8 Å². The Morgan fingerprint density at radius 2 is 1.70 bits per heavy atom. The van der Waals surface area contributed by atoms with Gasteiger partial charge in [0.1, 0.15) is 0 Å². The van der Waals surface area contributed by atoms with Crippen molar-refractivity contribution in [3.8, 4) is 0 Å². The van der Waals surface area contributed by atoms with Gasteiger partial charge in [-0.2, -0.15) is 0 Å². The average molecular weight is 375 g/mol. The van der Waals surface area contributed by atoms with Crippen molar-refractivity contribution in [2.45, 2.75) is 85.0 Å². The molecule has 0 unspecified atom stereocenters. The van der Waals surface area contributed by atoms with Crippen molar-refractivity contribution in [1.82, 2.24) is 0 Å². The summed E-state index contributed by atoms with van der Waals surface area (Å²) in [5.41, 5.74) is 3.00. The van der Waals surface area contributed by atoms with Crippen molar-refractivity contribution in [3.05, 3.63) is 34.9 Å². The van der Waals surface area contributed by atoms with Crippen LogP contribution in [0, 0.1) is 17.8 Å². The highest BCUT2D eigenvalue weighted by Crippen LogP contribution is 2.50. The van der Waals surface area contributed by atoms with E-state index in [-0.39, 0.29) is 0 Å². The second-order valence-corrected chi connectivity index (χ2v) is 8.90. The molecule has 27 heavy (non-hydrogen) atoms. The molecule has 0 amide bonds. The van der Waals surface area contributed by atoms with Crippen LogP contribution in [0.15, 0.2) is 18.2 Å². The quantitative estimate of drug-likeness (QED) is 0.481. The van der Waals surface area contributed by atoms with E-state index in [1.165, 1.54) is 16.7 Å². The third-order valence-electron chi connectivity index (χ3n) is 6.22. The van der Waals surface area contributed by atoms with Gasteiger partial charge in [-0.15, -0.1) is 0 Å². The van der Waals surface area contributed by atoms with Gasteiger partial charge in [-0.1, -0.05) is 31.0 Å². The molecule has 1 aliphatic carbocycles. The third-order valence-corrected chi connectivity index (χ3v) is 6.22. The van der Waals surface area contributed by atoms with E-state index >= 15 is 0 Å². The molecule has 1 aromatic rings. The van der Waals surface area contributed by atoms with Crippen molar-refractivity contribution >= 4 is 11.9 Å². The second-order valence-electron chi connectivity index (χ2n) is 8.90. The molecule has 1 aliphatic rings. The summed E-state index contributed by atoms with van der Waals surface area (Å²) in [5, 5.41) is 18.5. The van der Waals surface area contributed by atoms with Crippen molar-refractivity contribution in [2.24, 2.45) is 10.8 Å². The Kier molecular flexibility index (Phi) is 7.07. The molecule has 4 nitrogen and oxygen atoms in total. The van der Waals surface area contributed by atoms with E-state index in [1.54, 1.807) is 13.8 Å². The molecular weight excluding hydrogens is 340 g/mol. The Morgan fingerprint density at radius 1 is 1.04 bits per heavy atom. The molecule has 0 aliphatic heterocycles. The summed E-state index contributed by atoms with van der Waals surface area (Å²) in [6.07, 6.45) is 9.04. The maximum Gasteiger partial charge on any atom is 0.309 e. The highest BCUT2D eigenvalue weighted by molar-refractivity contribution is 5.77. The van der Waals surface area contributed by atoms with E-state index in [0.717, 1.165) is 57.8 Å². The van der Waals surface area contributed by atoms with Gasteiger partial charge < -0.3 is 10.2 Å². The molecule has 1 fully saturated rings. The lowest BCUT2D eigenvalue weighted by Crippen LogP contribution is -2.23. The van der Waals surface area contributed by atoms with E-state index in [1.807, 2.05) is 0 Å². The fraction of sp³-hybridized carbons (Fsp3) is 0.652. The van der Waals surface area contributed by atoms with Crippen LogP contribution in [0.1, 0.15) is 81.9 Å². The Morgan fingerprint density at radius 3 is 2.30 bits per heavy atom. The van der Waals surface area contributed by atoms with Crippen molar-refractivity contribution in [2.75, 3.05) is 0 Å². The topological polar surface area (TPSA) is 74.6 Å². The van der Waals surface area contributed by atoms with E-state index in [4.69, 9.17) is 0 Å². The molecule has 150 valence electrons. The summed E-state index contributed by atoms with van der Waals surface area (Å²) in [6.45, 7) is 5.72. The summed E-state index contributed by atoms with van der Waals surface area (Å²) >= 11 is 0. The molecule has 0 heterocycles. The zero-order valence-corrected chi connectivity index (χ0v) is 17.0. The van der Waals surface area contributed by atoms with Gasteiger partial charge in [0.2, 0.25) is 0 Å². The first-order chi connectivity index (χ1) is 12.7. The monoisotopic (exact) mass is 374 g/mol. The smallest absolute Gasteiger partial charge is 0.309 e. The minimum atomic E-state index is -0.728. The standard InChI is InChI=1S/C23H34O4/c1-17-9-8-11-18(10-4-6-13-22(2,3)20(24)25)19(17)12-5-7-14-23(15-16-23)21(26)27/h8-9,11H,4-7,10,12-16H2,1-3H3,(H,24,25)(H,26,27). The third kappa shape index (κ3) is 5.82. The maximum absolute atomic E-state index is 11.3. The van der Waals surface area contributed by atoms with Crippen LogP contribution >= 0.6 is 0 Å². The number of hydrogen-bond acceptors (Lipinski definition) is 2. The Hall–Kier alpha value is -1.84. The number of hydrogen-bond donors (Lipinski definition) is 2. The van der Waals surface area contributed by atoms with E-state index in [2.05, 4.69) is 25.1 Å². The molecule has 1 aromatic carbocycles. The number of unbranched alkanes of at least 4 members (excludes halogenated alkanes) is 2. The highest BCUT2D eigenvalue weighted by atomic mass is 16.4. The van der Waals surface area contributed by atoms with Gasteiger partial charge in [0.15, 0.2) is 0 Å². The van der Waals surface area contributed by atoms with E-state index in [0.29, 0.717) is 6.42 Å². The first-order valence-electron chi connectivity index (χ1n) is 10.2. The summed E-state index contributed by atoms with van der Waals surface area (Å²) in [7, 11) is 0. The van der Waals surface area contributed by atoms with Crippen molar-refractivity contribution in [3.63, 3.8) is 0 Å². The minimum Gasteiger partial charge on any atom is -0.481 e. The average Bonchev–Trinajstić information content (AvgIpc) is 3.38. The fourth-order valence-corrected chi connectivity index (χ4v) is 3.83. The van der Waals surface area contributed by atoms with Crippen molar-refractivity contribution < 1.29 is 19.8 Å². The first kappa shape index (κ1) is 21.5. The van der Waals surface area contributed by atoms with Crippen LogP contribution in [-0.4, -0.2) is 22.2 Å². The molecule has 0 aromatic heterocycles. The zero-order chi connectivity index (χ0) is 20.1. The van der Waals surface area contributed by atoms with Gasteiger partial charge in [-0.25, -0.2) is 0 Å². The second kappa shape index (κ2) is 8.90. The lowest BCUT2D eigenvalue weighted by Gasteiger charge is -2.19. The molecule has 4 heteroatoms. The largest absolute Gasteiger partial charge is 0.481 e. The number of carbonyl (C=O) groups is 2. The Labute approximate surface area is 163 Å². The SMILES string of the molecule is Cc1cccc(CCCCC(C)(C)C(=O)O)c1CCCCC1(C(=O)O)CC1. The molecule has 2 N–H and O–H groups in total. The number of carboxylic acids is 2. The highest BCUT2D eigenvalue weighted by Gasteiger charge is 2.49.